The number of rotatable bonds is 4. The largest absolute Gasteiger partial charge is 0.504 e. The second kappa shape index (κ2) is 6.29. The lowest BCUT2D eigenvalue weighted by molar-refractivity contribution is 0.242. The lowest BCUT2D eigenvalue weighted by atomic mass is 10.1. The number of aromatic hydroxyl groups is 1. The highest BCUT2D eigenvalue weighted by Gasteiger charge is 2.19. The predicted octanol–water partition coefficient (Wildman–Crippen LogP) is 1.34. The van der Waals surface area contributed by atoms with Crippen LogP contribution in [0.15, 0.2) is 18.3 Å². The zero-order chi connectivity index (χ0) is 16.4. The van der Waals surface area contributed by atoms with E-state index in [1.165, 1.54) is 7.11 Å². The van der Waals surface area contributed by atoms with Crippen LogP contribution >= 0.6 is 0 Å². The zero-order valence-corrected chi connectivity index (χ0v) is 13.2. The first kappa shape index (κ1) is 15.4. The van der Waals surface area contributed by atoms with Gasteiger partial charge in [0.1, 0.15) is 0 Å². The fourth-order valence-corrected chi connectivity index (χ4v) is 2.87. The summed E-state index contributed by atoms with van der Waals surface area (Å²) in [6.07, 6.45) is 2.62. The number of anilines is 1. The summed E-state index contributed by atoms with van der Waals surface area (Å²) in [5.41, 5.74) is 8.70. The standard InChI is InChI=1S/C16H20N4O3/c1-22-14-6-10(5-13(21)15(14)23-2)8-20-4-3-12-11(9-20)7-18-16(17)19-12/h5-7,21H,3-4,8-9H2,1-2H3,(H2,17,18,19). The highest BCUT2D eigenvalue weighted by Crippen LogP contribution is 2.37. The Kier molecular flexibility index (Phi) is 4.20. The second-order valence-electron chi connectivity index (χ2n) is 5.51. The molecule has 0 saturated carbocycles. The van der Waals surface area contributed by atoms with Crippen LogP contribution in [-0.4, -0.2) is 40.7 Å². The van der Waals surface area contributed by atoms with E-state index in [-0.39, 0.29) is 5.75 Å². The summed E-state index contributed by atoms with van der Waals surface area (Å²) in [5.74, 6) is 1.28. The van der Waals surface area contributed by atoms with Crippen LogP contribution in [0.5, 0.6) is 17.2 Å². The minimum atomic E-state index is 0.0790. The van der Waals surface area contributed by atoms with Gasteiger partial charge in [-0.15, -0.1) is 0 Å². The number of nitrogens with two attached hydrogens (primary N) is 1. The number of aromatic nitrogens is 2. The number of fused-ring (bicyclic) bond motifs is 1. The van der Waals surface area contributed by atoms with Gasteiger partial charge in [0, 0.05) is 37.8 Å². The van der Waals surface area contributed by atoms with E-state index < -0.39 is 0 Å². The second-order valence-corrected chi connectivity index (χ2v) is 5.51. The average Bonchev–Trinajstić information content (AvgIpc) is 2.54. The summed E-state index contributed by atoms with van der Waals surface area (Å²) in [6.45, 7) is 2.32. The summed E-state index contributed by atoms with van der Waals surface area (Å²) >= 11 is 0. The lowest BCUT2D eigenvalue weighted by Gasteiger charge is -2.28. The van der Waals surface area contributed by atoms with Gasteiger partial charge in [0.25, 0.3) is 0 Å². The molecule has 2 aromatic rings. The Morgan fingerprint density at radius 1 is 1.30 bits per heavy atom. The van der Waals surface area contributed by atoms with Gasteiger partial charge < -0.3 is 20.3 Å². The molecule has 23 heavy (non-hydrogen) atoms. The molecule has 0 aliphatic carbocycles. The van der Waals surface area contributed by atoms with Crippen molar-refractivity contribution in [1.29, 1.82) is 0 Å². The van der Waals surface area contributed by atoms with E-state index in [2.05, 4.69) is 14.9 Å². The molecule has 0 amide bonds. The quantitative estimate of drug-likeness (QED) is 0.879. The van der Waals surface area contributed by atoms with Crippen LogP contribution in [0.3, 0.4) is 0 Å². The van der Waals surface area contributed by atoms with E-state index in [1.807, 2.05) is 6.07 Å². The summed E-state index contributed by atoms with van der Waals surface area (Å²) < 4.78 is 10.4. The number of nitrogens with zero attached hydrogens (tertiary/aromatic N) is 3. The molecule has 1 aromatic carbocycles. The van der Waals surface area contributed by atoms with Gasteiger partial charge in [0.2, 0.25) is 11.7 Å². The lowest BCUT2D eigenvalue weighted by Crippen LogP contribution is -2.31. The van der Waals surface area contributed by atoms with Crippen molar-refractivity contribution in [3.05, 3.63) is 35.2 Å². The summed E-state index contributed by atoms with van der Waals surface area (Å²) in [5, 5.41) is 10.1. The third-order valence-electron chi connectivity index (χ3n) is 3.96. The first-order valence-corrected chi connectivity index (χ1v) is 7.37. The first-order valence-electron chi connectivity index (χ1n) is 7.37. The minimum Gasteiger partial charge on any atom is -0.504 e. The highest BCUT2D eigenvalue weighted by molar-refractivity contribution is 5.53. The van der Waals surface area contributed by atoms with E-state index in [4.69, 9.17) is 15.2 Å². The van der Waals surface area contributed by atoms with Gasteiger partial charge in [-0.25, -0.2) is 9.97 Å². The molecule has 1 aromatic heterocycles. The molecule has 0 spiro atoms. The monoisotopic (exact) mass is 316 g/mol. The van der Waals surface area contributed by atoms with Crippen LogP contribution in [-0.2, 0) is 19.5 Å². The number of phenolic OH excluding ortho intramolecular Hbond substituents is 1. The molecule has 2 heterocycles. The molecule has 3 N–H and O–H groups in total. The Hall–Kier alpha value is -2.54. The van der Waals surface area contributed by atoms with E-state index in [9.17, 15) is 5.11 Å². The molecular weight excluding hydrogens is 296 g/mol. The Morgan fingerprint density at radius 2 is 2.13 bits per heavy atom. The van der Waals surface area contributed by atoms with E-state index in [1.54, 1.807) is 19.4 Å². The minimum absolute atomic E-state index is 0.0790. The van der Waals surface area contributed by atoms with Gasteiger partial charge >= 0.3 is 0 Å². The SMILES string of the molecule is COc1cc(CN2CCc3nc(N)ncc3C2)cc(O)c1OC. The van der Waals surface area contributed by atoms with Crippen LogP contribution in [0.2, 0.25) is 0 Å². The molecule has 0 saturated heterocycles. The zero-order valence-electron chi connectivity index (χ0n) is 13.2. The van der Waals surface area contributed by atoms with Crippen molar-refractivity contribution in [2.75, 3.05) is 26.5 Å². The van der Waals surface area contributed by atoms with Crippen molar-refractivity contribution in [2.24, 2.45) is 0 Å². The first-order chi connectivity index (χ1) is 11.1. The predicted molar refractivity (Wildman–Crippen MR) is 85.5 cm³/mol. The third kappa shape index (κ3) is 3.14. The number of ether oxygens (including phenoxy) is 2. The molecule has 1 aliphatic rings. The number of nitrogen functional groups attached to an aromatic ring is 1. The van der Waals surface area contributed by atoms with E-state index in [0.717, 1.165) is 36.3 Å². The maximum atomic E-state index is 10.1. The molecular formula is C16H20N4O3. The van der Waals surface area contributed by atoms with Gasteiger partial charge in [-0.2, -0.15) is 0 Å². The van der Waals surface area contributed by atoms with Crippen molar-refractivity contribution >= 4 is 5.95 Å². The molecule has 0 radical (unpaired) electrons. The Labute approximate surface area is 134 Å². The molecule has 1 aliphatic heterocycles. The van der Waals surface area contributed by atoms with Gasteiger partial charge in [-0.1, -0.05) is 0 Å². The highest BCUT2D eigenvalue weighted by atomic mass is 16.5. The van der Waals surface area contributed by atoms with Crippen LogP contribution in [0.1, 0.15) is 16.8 Å². The molecule has 122 valence electrons. The summed E-state index contributed by atoms with van der Waals surface area (Å²) in [7, 11) is 3.06. The molecule has 0 fully saturated rings. The van der Waals surface area contributed by atoms with Gasteiger partial charge in [-0.05, 0) is 17.7 Å². The third-order valence-corrected chi connectivity index (χ3v) is 3.96. The number of hydrogen-bond acceptors (Lipinski definition) is 7. The number of methoxy groups -OCH3 is 2. The smallest absolute Gasteiger partial charge is 0.220 e. The Morgan fingerprint density at radius 3 is 2.87 bits per heavy atom. The molecule has 3 rings (SSSR count). The number of hydrogen-bond donors (Lipinski definition) is 2. The average molecular weight is 316 g/mol. The summed E-state index contributed by atoms with van der Waals surface area (Å²) in [4.78, 5) is 10.6. The van der Waals surface area contributed by atoms with Gasteiger partial charge in [-0.3, -0.25) is 4.90 Å². The van der Waals surface area contributed by atoms with Gasteiger partial charge in [0.05, 0.1) is 19.9 Å². The Balaban J connectivity index is 1.78. The van der Waals surface area contributed by atoms with Crippen LogP contribution in [0, 0.1) is 0 Å². The van der Waals surface area contributed by atoms with Crippen molar-refractivity contribution in [1.82, 2.24) is 14.9 Å². The normalized spacial score (nSPS) is 14.3. The van der Waals surface area contributed by atoms with Crippen molar-refractivity contribution in [3.8, 4) is 17.2 Å². The molecule has 0 atom stereocenters. The molecule has 0 bridgehead atoms. The fourth-order valence-electron chi connectivity index (χ4n) is 2.87. The molecule has 7 nitrogen and oxygen atoms in total. The molecule has 7 heteroatoms. The molecule has 0 unspecified atom stereocenters. The number of benzene rings is 1. The van der Waals surface area contributed by atoms with Crippen molar-refractivity contribution in [2.45, 2.75) is 19.5 Å². The van der Waals surface area contributed by atoms with Crippen LogP contribution < -0.4 is 15.2 Å². The Bertz CT molecular complexity index is 721. The fraction of sp³-hybridized carbons (Fsp3) is 0.375. The van der Waals surface area contributed by atoms with E-state index >= 15 is 0 Å². The topological polar surface area (TPSA) is 93.7 Å². The maximum absolute atomic E-state index is 10.1. The van der Waals surface area contributed by atoms with Crippen LogP contribution in [0.4, 0.5) is 5.95 Å². The van der Waals surface area contributed by atoms with Crippen molar-refractivity contribution in [3.63, 3.8) is 0 Å². The van der Waals surface area contributed by atoms with Crippen LogP contribution in [0.25, 0.3) is 0 Å². The van der Waals surface area contributed by atoms with E-state index in [0.29, 0.717) is 24.0 Å². The van der Waals surface area contributed by atoms with Gasteiger partial charge in [0.15, 0.2) is 11.5 Å². The van der Waals surface area contributed by atoms with Crippen molar-refractivity contribution < 1.29 is 14.6 Å². The maximum Gasteiger partial charge on any atom is 0.220 e. The summed E-state index contributed by atoms with van der Waals surface area (Å²) in [6, 6.07) is 3.59. The number of phenols is 1.